The molecule has 2 heterocycles. The Balaban J connectivity index is 1.36. The summed E-state index contributed by atoms with van der Waals surface area (Å²) < 4.78 is 38.8. The summed E-state index contributed by atoms with van der Waals surface area (Å²) in [4.78, 5) is 17.3. The van der Waals surface area contributed by atoms with E-state index in [-0.39, 0.29) is 16.6 Å². The van der Waals surface area contributed by atoms with E-state index in [1.54, 1.807) is 17.0 Å². The number of sulfonamides is 1. The third-order valence-electron chi connectivity index (χ3n) is 6.17. The van der Waals surface area contributed by atoms with Crippen LogP contribution in [0.2, 0.25) is 0 Å². The third kappa shape index (κ3) is 5.48. The van der Waals surface area contributed by atoms with Crippen LogP contribution in [0.3, 0.4) is 0 Å². The number of carbonyl (C=O) groups excluding carboxylic acids is 1. The van der Waals surface area contributed by atoms with Crippen LogP contribution in [-0.4, -0.2) is 88.0 Å². The fourth-order valence-electron chi connectivity index (χ4n) is 4.25. The van der Waals surface area contributed by atoms with E-state index in [2.05, 4.69) is 4.90 Å². The Morgan fingerprint density at radius 2 is 1.64 bits per heavy atom. The van der Waals surface area contributed by atoms with Crippen LogP contribution >= 0.6 is 0 Å². The zero-order valence-corrected chi connectivity index (χ0v) is 19.8. The quantitative estimate of drug-likeness (QED) is 0.586. The maximum atomic E-state index is 13.1. The molecule has 1 amide bonds. The smallest absolute Gasteiger partial charge is 0.253 e. The van der Waals surface area contributed by atoms with Gasteiger partial charge >= 0.3 is 0 Å². The van der Waals surface area contributed by atoms with Gasteiger partial charge in [-0.05, 0) is 43.2 Å². The fraction of sp³-hybridized carbons (Fsp3) is 0.458. The van der Waals surface area contributed by atoms with Gasteiger partial charge in [-0.25, -0.2) is 8.42 Å². The van der Waals surface area contributed by atoms with Crippen molar-refractivity contribution in [2.45, 2.75) is 17.7 Å². The number of rotatable bonds is 8. The number of benzene rings is 2. The second-order valence-corrected chi connectivity index (χ2v) is 10.2. The van der Waals surface area contributed by atoms with Gasteiger partial charge in [-0.2, -0.15) is 4.31 Å². The van der Waals surface area contributed by atoms with Crippen LogP contribution in [0.5, 0.6) is 11.5 Å². The summed E-state index contributed by atoms with van der Waals surface area (Å²) in [5.41, 5.74) is 0.370. The lowest BCUT2D eigenvalue weighted by Gasteiger charge is -2.34. The van der Waals surface area contributed by atoms with Crippen molar-refractivity contribution in [1.82, 2.24) is 14.1 Å². The summed E-state index contributed by atoms with van der Waals surface area (Å²) in [6, 6.07) is 14.4. The van der Waals surface area contributed by atoms with Crippen molar-refractivity contribution in [2.75, 3.05) is 59.5 Å². The molecule has 2 fully saturated rings. The maximum absolute atomic E-state index is 13.1. The Morgan fingerprint density at radius 3 is 2.30 bits per heavy atom. The highest BCUT2D eigenvalue weighted by molar-refractivity contribution is 7.89. The Hall–Kier alpha value is -2.62. The Kier molecular flexibility index (Phi) is 7.52. The number of methoxy groups -OCH3 is 1. The van der Waals surface area contributed by atoms with Gasteiger partial charge in [-0.15, -0.1) is 0 Å². The van der Waals surface area contributed by atoms with Gasteiger partial charge in [0, 0.05) is 51.4 Å². The molecule has 9 heteroatoms. The van der Waals surface area contributed by atoms with Crippen molar-refractivity contribution in [3.8, 4) is 11.5 Å². The van der Waals surface area contributed by atoms with Crippen LogP contribution in [0.1, 0.15) is 23.2 Å². The van der Waals surface area contributed by atoms with Crippen LogP contribution in [0.15, 0.2) is 53.4 Å². The van der Waals surface area contributed by atoms with Crippen LogP contribution in [0, 0.1) is 0 Å². The molecule has 0 radical (unpaired) electrons. The van der Waals surface area contributed by atoms with Gasteiger partial charge in [0.2, 0.25) is 10.0 Å². The van der Waals surface area contributed by atoms with Gasteiger partial charge in [0.25, 0.3) is 5.91 Å². The number of nitrogens with zero attached hydrogens (tertiary/aromatic N) is 3. The Bertz CT molecular complexity index is 1050. The van der Waals surface area contributed by atoms with Crippen LogP contribution in [0.25, 0.3) is 0 Å². The lowest BCUT2D eigenvalue weighted by Crippen LogP contribution is -2.49. The molecular formula is C24H31N3O5S. The molecule has 178 valence electrons. The van der Waals surface area contributed by atoms with Gasteiger partial charge in [0.1, 0.15) is 23.0 Å². The van der Waals surface area contributed by atoms with Crippen molar-refractivity contribution in [1.29, 1.82) is 0 Å². The molecule has 4 rings (SSSR count). The SMILES string of the molecule is COc1ccc(C(=O)N2CCN(CCOc3ccccc3)CC2)cc1S(=O)(=O)N1CCCC1. The minimum absolute atomic E-state index is 0.0643. The minimum Gasteiger partial charge on any atom is -0.495 e. The first-order valence-corrected chi connectivity index (χ1v) is 12.8. The first-order valence-electron chi connectivity index (χ1n) is 11.4. The summed E-state index contributed by atoms with van der Waals surface area (Å²) in [6.07, 6.45) is 1.70. The molecule has 33 heavy (non-hydrogen) atoms. The molecule has 0 saturated carbocycles. The predicted molar refractivity (Wildman–Crippen MR) is 125 cm³/mol. The monoisotopic (exact) mass is 473 g/mol. The standard InChI is InChI=1S/C24H31N3O5S/c1-31-22-10-9-20(19-23(22)33(29,30)27-11-5-6-12-27)24(28)26-15-13-25(14-16-26)17-18-32-21-7-3-2-4-8-21/h2-4,7-10,19H,5-6,11-18H2,1H3. The average Bonchev–Trinajstić information content (AvgIpc) is 3.40. The number of piperazine rings is 1. The van der Waals surface area contributed by atoms with Crippen molar-refractivity contribution >= 4 is 15.9 Å². The number of amides is 1. The molecule has 2 aromatic rings. The summed E-state index contributed by atoms with van der Waals surface area (Å²) in [5.74, 6) is 0.961. The van der Waals surface area contributed by atoms with E-state index in [4.69, 9.17) is 9.47 Å². The molecule has 2 saturated heterocycles. The molecule has 2 aliphatic rings. The predicted octanol–water partition coefficient (Wildman–Crippen LogP) is 2.32. The molecule has 0 aromatic heterocycles. The average molecular weight is 474 g/mol. The van der Waals surface area contributed by atoms with Crippen molar-refractivity contribution in [3.63, 3.8) is 0 Å². The van der Waals surface area contributed by atoms with Gasteiger partial charge in [-0.1, -0.05) is 18.2 Å². The summed E-state index contributed by atoms with van der Waals surface area (Å²) in [5, 5.41) is 0. The van der Waals surface area contributed by atoms with E-state index in [0.717, 1.165) is 38.2 Å². The topological polar surface area (TPSA) is 79.4 Å². The maximum Gasteiger partial charge on any atom is 0.253 e. The van der Waals surface area contributed by atoms with Crippen molar-refractivity contribution in [3.05, 3.63) is 54.1 Å². The third-order valence-corrected chi connectivity index (χ3v) is 8.09. The Labute approximate surface area is 195 Å². The van der Waals surface area contributed by atoms with E-state index in [9.17, 15) is 13.2 Å². The number of para-hydroxylation sites is 1. The van der Waals surface area contributed by atoms with E-state index < -0.39 is 10.0 Å². The molecule has 0 spiro atoms. The van der Waals surface area contributed by atoms with E-state index in [1.165, 1.54) is 17.5 Å². The summed E-state index contributed by atoms with van der Waals surface area (Å²) in [7, 11) is -2.25. The molecular weight excluding hydrogens is 442 g/mol. The van der Waals surface area contributed by atoms with E-state index in [0.29, 0.717) is 38.3 Å². The zero-order valence-electron chi connectivity index (χ0n) is 19.0. The molecule has 0 bridgehead atoms. The van der Waals surface area contributed by atoms with Crippen LogP contribution in [-0.2, 0) is 10.0 Å². The fourth-order valence-corrected chi connectivity index (χ4v) is 5.94. The first-order chi connectivity index (χ1) is 16.0. The molecule has 2 aliphatic heterocycles. The molecule has 0 atom stereocenters. The molecule has 0 aliphatic carbocycles. The zero-order chi connectivity index (χ0) is 23.3. The first kappa shape index (κ1) is 23.5. The van der Waals surface area contributed by atoms with Gasteiger partial charge in [0.05, 0.1) is 7.11 Å². The van der Waals surface area contributed by atoms with E-state index >= 15 is 0 Å². The lowest BCUT2D eigenvalue weighted by molar-refractivity contribution is 0.0620. The molecule has 8 nitrogen and oxygen atoms in total. The van der Waals surface area contributed by atoms with E-state index in [1.807, 2.05) is 30.3 Å². The van der Waals surface area contributed by atoms with Crippen molar-refractivity contribution < 1.29 is 22.7 Å². The summed E-state index contributed by atoms with van der Waals surface area (Å²) in [6.45, 7) is 5.05. The molecule has 2 aromatic carbocycles. The van der Waals surface area contributed by atoms with Crippen molar-refractivity contribution in [2.24, 2.45) is 0 Å². The number of hydrogen-bond acceptors (Lipinski definition) is 6. The van der Waals surface area contributed by atoms with Gasteiger partial charge in [0.15, 0.2) is 0 Å². The van der Waals surface area contributed by atoms with Gasteiger partial charge < -0.3 is 14.4 Å². The highest BCUT2D eigenvalue weighted by atomic mass is 32.2. The normalized spacial score (nSPS) is 17.8. The lowest BCUT2D eigenvalue weighted by atomic mass is 10.1. The second-order valence-electron chi connectivity index (χ2n) is 8.27. The molecule has 0 N–H and O–H groups in total. The van der Waals surface area contributed by atoms with Gasteiger partial charge in [-0.3, -0.25) is 9.69 Å². The highest BCUT2D eigenvalue weighted by Crippen LogP contribution is 2.30. The molecule has 0 unspecified atom stereocenters. The van der Waals surface area contributed by atoms with Crippen LogP contribution in [0.4, 0.5) is 0 Å². The number of carbonyl (C=O) groups is 1. The Morgan fingerprint density at radius 1 is 0.939 bits per heavy atom. The second kappa shape index (κ2) is 10.5. The minimum atomic E-state index is -3.69. The number of ether oxygens (including phenoxy) is 2. The van der Waals surface area contributed by atoms with Crippen LogP contribution < -0.4 is 9.47 Å². The largest absolute Gasteiger partial charge is 0.495 e. The summed E-state index contributed by atoms with van der Waals surface area (Å²) >= 11 is 0. The highest BCUT2D eigenvalue weighted by Gasteiger charge is 2.31. The number of hydrogen-bond donors (Lipinski definition) is 0.